The van der Waals surface area contributed by atoms with Crippen molar-refractivity contribution in [3.63, 3.8) is 0 Å². The van der Waals surface area contributed by atoms with E-state index in [4.69, 9.17) is 13.8 Å². The Morgan fingerprint density at radius 1 is 0.886 bits per heavy atom. The normalized spacial score (nSPS) is 19.7. The van der Waals surface area contributed by atoms with Crippen molar-refractivity contribution in [3.05, 3.63) is 29.3 Å². The Bertz CT molecular complexity index is 817. The predicted molar refractivity (Wildman–Crippen MR) is 139 cm³/mol. The van der Waals surface area contributed by atoms with Gasteiger partial charge in [0.15, 0.2) is 11.6 Å². The lowest BCUT2D eigenvalue weighted by molar-refractivity contribution is 0.0487. The summed E-state index contributed by atoms with van der Waals surface area (Å²) in [5.74, 6) is -1.06. The highest BCUT2D eigenvalue weighted by molar-refractivity contribution is 7.53. The molecule has 0 N–H and O–H groups in total. The maximum atomic E-state index is 14.9. The summed E-state index contributed by atoms with van der Waals surface area (Å²) < 4.78 is 60.0. The minimum atomic E-state index is -3.39. The largest absolute Gasteiger partial charge is 0.490 e. The van der Waals surface area contributed by atoms with Crippen molar-refractivity contribution < 1.29 is 27.1 Å². The summed E-state index contributed by atoms with van der Waals surface area (Å²) in [7, 11) is -3.39. The van der Waals surface area contributed by atoms with Gasteiger partial charge in [-0.1, -0.05) is 38.7 Å². The molecule has 0 heterocycles. The van der Waals surface area contributed by atoms with E-state index in [9.17, 15) is 13.3 Å². The minimum Gasteiger partial charge on any atom is -0.490 e. The number of halogens is 2. The molecule has 1 saturated carbocycles. The summed E-state index contributed by atoms with van der Waals surface area (Å²) in [5.41, 5.74) is -0.814. The molecule has 2 rings (SSSR count). The molecule has 0 amide bonds. The molecule has 4 nitrogen and oxygen atoms in total. The van der Waals surface area contributed by atoms with E-state index in [1.165, 1.54) is 31.7 Å². The lowest BCUT2D eigenvalue weighted by Crippen LogP contribution is -2.25. The number of benzene rings is 1. The van der Waals surface area contributed by atoms with Crippen molar-refractivity contribution in [2.24, 2.45) is 5.92 Å². The van der Waals surface area contributed by atoms with Gasteiger partial charge in [-0.05, 0) is 97.1 Å². The molecule has 1 aromatic carbocycles. The van der Waals surface area contributed by atoms with E-state index in [1.54, 1.807) is 6.07 Å². The third-order valence-corrected chi connectivity index (χ3v) is 8.75. The van der Waals surface area contributed by atoms with Crippen LogP contribution in [0, 0.1) is 17.6 Å². The molecule has 0 aliphatic heterocycles. The molecule has 1 aromatic rings. The molecule has 0 unspecified atom stereocenters. The highest BCUT2D eigenvalue weighted by atomic mass is 31.2. The maximum Gasteiger partial charge on any atom is 0.331 e. The Hall–Kier alpha value is -0.970. The summed E-state index contributed by atoms with van der Waals surface area (Å²) >= 11 is 0. The Balaban J connectivity index is 1.92. The van der Waals surface area contributed by atoms with E-state index in [2.05, 4.69) is 6.92 Å². The first-order chi connectivity index (χ1) is 16.2. The van der Waals surface area contributed by atoms with E-state index >= 15 is 0 Å². The zero-order valence-electron chi connectivity index (χ0n) is 22.9. The highest BCUT2D eigenvalue weighted by Gasteiger charge is 2.35. The van der Waals surface area contributed by atoms with Crippen LogP contribution in [-0.2, 0) is 13.6 Å². The Kier molecular flexibility index (Phi) is 11.2. The van der Waals surface area contributed by atoms with E-state index in [1.807, 2.05) is 41.5 Å². The van der Waals surface area contributed by atoms with Gasteiger partial charge in [0.05, 0.1) is 24.0 Å². The van der Waals surface area contributed by atoms with Gasteiger partial charge in [0.25, 0.3) is 0 Å². The summed E-state index contributed by atoms with van der Waals surface area (Å²) in [6, 6.07) is 3.20. The van der Waals surface area contributed by atoms with Crippen molar-refractivity contribution in [1.29, 1.82) is 0 Å². The van der Waals surface area contributed by atoms with E-state index in [0.717, 1.165) is 25.7 Å². The first-order valence-corrected chi connectivity index (χ1v) is 15.1. The molecule has 35 heavy (non-hydrogen) atoms. The van der Waals surface area contributed by atoms with Gasteiger partial charge in [-0.25, -0.2) is 4.39 Å². The number of hydrogen-bond acceptors (Lipinski definition) is 4. The van der Waals surface area contributed by atoms with E-state index in [0.29, 0.717) is 17.9 Å². The van der Waals surface area contributed by atoms with Gasteiger partial charge in [0, 0.05) is 0 Å². The zero-order valence-corrected chi connectivity index (χ0v) is 23.8. The second-order valence-corrected chi connectivity index (χ2v) is 14.0. The molecule has 0 saturated heterocycles. The van der Waals surface area contributed by atoms with E-state index in [-0.39, 0.29) is 24.4 Å². The van der Waals surface area contributed by atoms with Crippen LogP contribution in [0.5, 0.6) is 5.75 Å². The Morgan fingerprint density at radius 2 is 1.49 bits per heavy atom. The molecule has 202 valence electrons. The molecule has 1 aliphatic carbocycles. The Labute approximate surface area is 212 Å². The summed E-state index contributed by atoms with van der Waals surface area (Å²) in [5, 5.41) is 0. The van der Waals surface area contributed by atoms with Crippen molar-refractivity contribution in [2.75, 3.05) is 12.8 Å². The number of unbranched alkanes of at least 4 members (excludes halogenated alkanes) is 2. The second-order valence-electron chi connectivity index (χ2n) is 11.9. The number of rotatable bonds is 12. The van der Waals surface area contributed by atoms with Gasteiger partial charge in [-0.15, -0.1) is 0 Å². The van der Waals surface area contributed by atoms with Crippen LogP contribution in [0.15, 0.2) is 12.1 Å². The summed E-state index contributed by atoms with van der Waals surface area (Å²) in [6.07, 6.45) is 9.45. The van der Waals surface area contributed by atoms with Crippen molar-refractivity contribution >= 4 is 7.60 Å². The lowest BCUT2D eigenvalue weighted by Gasteiger charge is -2.32. The number of ether oxygens (including phenoxy) is 1. The van der Waals surface area contributed by atoms with E-state index < -0.39 is 30.4 Å². The molecule has 1 aliphatic rings. The maximum absolute atomic E-state index is 14.9. The molecule has 0 atom stereocenters. The quantitative estimate of drug-likeness (QED) is 0.205. The van der Waals surface area contributed by atoms with Gasteiger partial charge >= 0.3 is 7.60 Å². The average molecular weight is 517 g/mol. The molecular formula is C28H47F2O4P. The molecule has 7 heteroatoms. The molecule has 0 spiro atoms. The smallest absolute Gasteiger partial charge is 0.331 e. The third-order valence-electron chi connectivity index (χ3n) is 6.24. The van der Waals surface area contributed by atoms with Crippen LogP contribution in [0.1, 0.15) is 118 Å². The minimum absolute atomic E-state index is 0.0657. The molecule has 1 fully saturated rings. The van der Waals surface area contributed by atoms with Crippen molar-refractivity contribution in [3.8, 4) is 5.75 Å². The van der Waals surface area contributed by atoms with Crippen molar-refractivity contribution in [2.45, 2.75) is 123 Å². The van der Waals surface area contributed by atoms with Crippen LogP contribution in [0.2, 0.25) is 0 Å². The highest BCUT2D eigenvalue weighted by Crippen LogP contribution is 2.54. The molecule has 0 aromatic heterocycles. The Morgan fingerprint density at radius 3 is 2.03 bits per heavy atom. The van der Waals surface area contributed by atoms with Gasteiger partial charge in [-0.3, -0.25) is 4.57 Å². The van der Waals surface area contributed by atoms with Crippen LogP contribution in [0.4, 0.5) is 8.78 Å². The van der Waals surface area contributed by atoms with Crippen LogP contribution in [-0.4, -0.2) is 24.0 Å². The molecule has 0 radical (unpaired) electrons. The fraction of sp³-hybridized carbons (Fsp3) is 0.786. The van der Waals surface area contributed by atoms with Crippen LogP contribution in [0.25, 0.3) is 0 Å². The monoisotopic (exact) mass is 516 g/mol. The standard InChI is InChI=1S/C28H47F2O4P/c1-8-9-10-12-21-13-15-22(16-14-21)23-17-18-24(26(30)25(23)29)32-19-11-20-35(31,33-27(2,3)4)34-28(5,6)7/h17-18,21-22H,8-16,19-20H2,1-7H3. The first kappa shape index (κ1) is 30.3. The molecular weight excluding hydrogens is 469 g/mol. The van der Waals surface area contributed by atoms with Gasteiger partial charge in [0.2, 0.25) is 5.82 Å². The van der Waals surface area contributed by atoms with Crippen LogP contribution < -0.4 is 4.74 Å². The number of hydrogen-bond donors (Lipinski definition) is 0. The summed E-state index contributed by atoms with van der Waals surface area (Å²) in [4.78, 5) is 0. The first-order valence-electron chi connectivity index (χ1n) is 13.3. The van der Waals surface area contributed by atoms with Crippen LogP contribution >= 0.6 is 7.60 Å². The van der Waals surface area contributed by atoms with Gasteiger partial charge < -0.3 is 13.8 Å². The molecule has 0 bridgehead atoms. The third kappa shape index (κ3) is 10.5. The van der Waals surface area contributed by atoms with Gasteiger partial charge in [0.1, 0.15) is 0 Å². The fourth-order valence-corrected chi connectivity index (χ4v) is 7.21. The summed E-state index contributed by atoms with van der Waals surface area (Å²) in [6.45, 7) is 13.2. The zero-order chi connectivity index (χ0) is 26.3. The topological polar surface area (TPSA) is 44.8 Å². The average Bonchev–Trinajstić information content (AvgIpc) is 2.72. The van der Waals surface area contributed by atoms with Gasteiger partial charge in [-0.2, -0.15) is 4.39 Å². The van der Waals surface area contributed by atoms with Crippen molar-refractivity contribution in [1.82, 2.24) is 0 Å². The lowest BCUT2D eigenvalue weighted by atomic mass is 9.77. The van der Waals surface area contributed by atoms with Crippen LogP contribution in [0.3, 0.4) is 0 Å². The fourth-order valence-electron chi connectivity index (χ4n) is 4.80. The predicted octanol–water partition coefficient (Wildman–Crippen LogP) is 9.41. The SMILES string of the molecule is CCCCCC1CCC(c2ccc(OCCCP(=O)(OC(C)(C)C)OC(C)(C)C)c(F)c2F)CC1. The second kappa shape index (κ2) is 13.0.